The quantitative estimate of drug-likeness (QED) is 0.508. The average molecular weight is 212 g/mol. The molecule has 1 fully saturated rings. The molecule has 0 aromatic heterocycles. The SMILES string of the molecule is COC(=O)[C@H]1[C@H]([C@H](O)CO)[C@@H]2C=C[C@H]1C2. The molecule has 0 amide bonds. The zero-order valence-corrected chi connectivity index (χ0v) is 8.67. The van der Waals surface area contributed by atoms with Crippen molar-refractivity contribution < 1.29 is 19.7 Å². The lowest BCUT2D eigenvalue weighted by Crippen LogP contribution is -2.38. The molecule has 0 radical (unpaired) electrons. The van der Waals surface area contributed by atoms with Crippen LogP contribution in [0.2, 0.25) is 0 Å². The van der Waals surface area contributed by atoms with E-state index in [1.54, 1.807) is 0 Å². The second-order valence-corrected chi connectivity index (χ2v) is 4.32. The highest BCUT2D eigenvalue weighted by atomic mass is 16.5. The summed E-state index contributed by atoms with van der Waals surface area (Å²) in [4.78, 5) is 11.6. The summed E-state index contributed by atoms with van der Waals surface area (Å²) in [5, 5.41) is 18.7. The number of hydrogen-bond donors (Lipinski definition) is 2. The van der Waals surface area contributed by atoms with Gasteiger partial charge in [0, 0.05) is 5.92 Å². The fourth-order valence-electron chi connectivity index (χ4n) is 2.97. The molecule has 2 aliphatic rings. The maximum Gasteiger partial charge on any atom is 0.309 e. The molecule has 0 unspecified atom stereocenters. The van der Waals surface area contributed by atoms with Crippen LogP contribution in [0, 0.1) is 23.7 Å². The minimum atomic E-state index is -0.825. The van der Waals surface area contributed by atoms with Crippen molar-refractivity contribution in [1.82, 2.24) is 0 Å². The van der Waals surface area contributed by atoms with E-state index in [1.165, 1.54) is 7.11 Å². The van der Waals surface area contributed by atoms with Crippen LogP contribution in [0.15, 0.2) is 12.2 Å². The third kappa shape index (κ3) is 1.58. The molecule has 4 heteroatoms. The molecule has 5 atom stereocenters. The van der Waals surface area contributed by atoms with Crippen LogP contribution < -0.4 is 0 Å². The van der Waals surface area contributed by atoms with Gasteiger partial charge in [0.2, 0.25) is 0 Å². The molecule has 0 spiro atoms. The van der Waals surface area contributed by atoms with Crippen LogP contribution in [0.5, 0.6) is 0 Å². The Bertz CT molecular complexity index is 286. The topological polar surface area (TPSA) is 66.8 Å². The first-order valence-corrected chi connectivity index (χ1v) is 5.24. The minimum Gasteiger partial charge on any atom is -0.469 e. The lowest BCUT2D eigenvalue weighted by Gasteiger charge is -2.28. The number of fused-ring (bicyclic) bond motifs is 2. The van der Waals surface area contributed by atoms with Crippen LogP contribution in [0.3, 0.4) is 0 Å². The average Bonchev–Trinajstić information content (AvgIpc) is 2.86. The molecular formula is C11H16O4. The molecule has 0 aromatic carbocycles. The Morgan fingerprint density at radius 3 is 2.80 bits per heavy atom. The molecule has 2 bridgehead atoms. The highest BCUT2D eigenvalue weighted by Crippen LogP contribution is 2.49. The molecule has 2 aliphatic carbocycles. The molecular weight excluding hydrogens is 196 g/mol. The Morgan fingerprint density at radius 2 is 2.20 bits per heavy atom. The Morgan fingerprint density at radius 1 is 1.53 bits per heavy atom. The molecule has 2 N–H and O–H groups in total. The second kappa shape index (κ2) is 3.94. The highest BCUT2D eigenvalue weighted by molar-refractivity contribution is 5.74. The summed E-state index contributed by atoms with van der Waals surface area (Å²) in [6.45, 7) is -0.296. The number of carbonyl (C=O) groups excluding carboxylic acids is 1. The van der Waals surface area contributed by atoms with E-state index < -0.39 is 6.10 Å². The molecule has 0 saturated heterocycles. The molecule has 0 aliphatic heterocycles. The lowest BCUT2D eigenvalue weighted by molar-refractivity contribution is -0.150. The van der Waals surface area contributed by atoms with Gasteiger partial charge >= 0.3 is 5.97 Å². The number of methoxy groups -OCH3 is 1. The van der Waals surface area contributed by atoms with Gasteiger partial charge in [0.1, 0.15) is 0 Å². The third-order valence-electron chi connectivity index (χ3n) is 3.62. The summed E-state index contributed by atoms with van der Waals surface area (Å²) < 4.78 is 4.75. The number of aliphatic hydroxyl groups excluding tert-OH is 2. The summed E-state index contributed by atoms with van der Waals surface area (Å²) in [5.74, 6) is -0.358. The van der Waals surface area contributed by atoms with E-state index in [1.807, 2.05) is 12.2 Å². The van der Waals surface area contributed by atoms with Gasteiger partial charge in [-0.1, -0.05) is 12.2 Å². The van der Waals surface area contributed by atoms with Gasteiger partial charge in [-0.2, -0.15) is 0 Å². The smallest absolute Gasteiger partial charge is 0.309 e. The molecule has 1 saturated carbocycles. The number of allylic oxidation sites excluding steroid dienone is 2. The lowest BCUT2D eigenvalue weighted by atomic mass is 9.79. The molecule has 4 nitrogen and oxygen atoms in total. The number of rotatable bonds is 3. The van der Waals surface area contributed by atoms with Gasteiger partial charge in [0.05, 0.1) is 25.7 Å². The predicted molar refractivity (Wildman–Crippen MR) is 52.8 cm³/mol. The Kier molecular flexibility index (Phi) is 2.80. The van der Waals surface area contributed by atoms with Gasteiger partial charge in [-0.25, -0.2) is 0 Å². The number of aliphatic hydroxyl groups is 2. The Hall–Kier alpha value is -0.870. The van der Waals surface area contributed by atoms with Gasteiger partial charge in [0.25, 0.3) is 0 Å². The predicted octanol–water partition coefficient (Wildman–Crippen LogP) is -0.0491. The second-order valence-electron chi connectivity index (χ2n) is 4.32. The Balaban J connectivity index is 2.20. The molecule has 2 rings (SSSR count). The largest absolute Gasteiger partial charge is 0.469 e. The fraction of sp³-hybridized carbons (Fsp3) is 0.727. The third-order valence-corrected chi connectivity index (χ3v) is 3.62. The summed E-state index contributed by atoms with van der Waals surface area (Å²) in [6.07, 6.45) is 4.12. The van der Waals surface area contributed by atoms with Crippen molar-refractivity contribution in [2.24, 2.45) is 23.7 Å². The minimum absolute atomic E-state index is 0.175. The standard InChI is InChI=1S/C11H16O4/c1-15-11(14)10-7-3-2-6(4-7)9(10)8(13)5-12/h2-3,6-10,12-13H,4-5H2,1H3/t6-,7+,8-,9+,10-/m1/s1. The summed E-state index contributed by atoms with van der Waals surface area (Å²) >= 11 is 0. The first kappa shape index (κ1) is 10.6. The van der Waals surface area contributed by atoms with Gasteiger partial charge in [0.15, 0.2) is 0 Å². The van der Waals surface area contributed by atoms with Crippen LogP contribution in [0.25, 0.3) is 0 Å². The van der Waals surface area contributed by atoms with Crippen LogP contribution in [0.1, 0.15) is 6.42 Å². The van der Waals surface area contributed by atoms with Gasteiger partial charge < -0.3 is 14.9 Å². The van der Waals surface area contributed by atoms with E-state index >= 15 is 0 Å². The van der Waals surface area contributed by atoms with Crippen molar-refractivity contribution in [3.63, 3.8) is 0 Å². The van der Waals surface area contributed by atoms with Crippen molar-refractivity contribution in [2.45, 2.75) is 12.5 Å². The number of esters is 1. The summed E-state index contributed by atoms with van der Waals surface area (Å²) in [6, 6.07) is 0. The highest BCUT2D eigenvalue weighted by Gasteiger charge is 2.51. The zero-order chi connectivity index (χ0) is 11.0. The normalized spacial score (nSPS) is 39.4. The van der Waals surface area contributed by atoms with E-state index in [-0.39, 0.29) is 36.2 Å². The monoisotopic (exact) mass is 212 g/mol. The van der Waals surface area contributed by atoms with E-state index in [9.17, 15) is 9.90 Å². The first-order valence-electron chi connectivity index (χ1n) is 5.24. The zero-order valence-electron chi connectivity index (χ0n) is 8.67. The van der Waals surface area contributed by atoms with E-state index in [2.05, 4.69) is 0 Å². The number of hydrogen-bond acceptors (Lipinski definition) is 4. The van der Waals surface area contributed by atoms with Gasteiger partial charge in [-0.3, -0.25) is 4.79 Å². The van der Waals surface area contributed by atoms with Crippen LogP contribution in [-0.4, -0.2) is 36.0 Å². The fourth-order valence-corrected chi connectivity index (χ4v) is 2.97. The molecule has 0 heterocycles. The van der Waals surface area contributed by atoms with Crippen LogP contribution >= 0.6 is 0 Å². The van der Waals surface area contributed by atoms with Crippen molar-refractivity contribution in [3.8, 4) is 0 Å². The van der Waals surface area contributed by atoms with E-state index in [4.69, 9.17) is 9.84 Å². The van der Waals surface area contributed by atoms with Crippen LogP contribution in [-0.2, 0) is 9.53 Å². The van der Waals surface area contributed by atoms with E-state index in [0.29, 0.717) is 0 Å². The summed E-state index contributed by atoms with van der Waals surface area (Å²) in [7, 11) is 1.36. The van der Waals surface area contributed by atoms with Crippen molar-refractivity contribution in [1.29, 1.82) is 0 Å². The number of carbonyl (C=O) groups is 1. The van der Waals surface area contributed by atoms with Crippen molar-refractivity contribution in [3.05, 3.63) is 12.2 Å². The van der Waals surface area contributed by atoms with E-state index in [0.717, 1.165) is 6.42 Å². The van der Waals surface area contributed by atoms with Crippen molar-refractivity contribution >= 4 is 5.97 Å². The summed E-state index contributed by atoms with van der Waals surface area (Å²) in [5.41, 5.74) is 0. The van der Waals surface area contributed by atoms with Gasteiger partial charge in [-0.15, -0.1) is 0 Å². The molecule has 0 aromatic rings. The Labute approximate surface area is 88.6 Å². The first-order chi connectivity index (χ1) is 7.19. The maximum atomic E-state index is 11.6. The maximum absolute atomic E-state index is 11.6. The molecule has 84 valence electrons. The van der Waals surface area contributed by atoms with Crippen LogP contribution in [0.4, 0.5) is 0 Å². The molecule has 15 heavy (non-hydrogen) atoms. The number of ether oxygens (including phenoxy) is 1. The van der Waals surface area contributed by atoms with Crippen molar-refractivity contribution in [2.75, 3.05) is 13.7 Å². The van der Waals surface area contributed by atoms with Gasteiger partial charge in [-0.05, 0) is 18.3 Å².